The van der Waals surface area contributed by atoms with E-state index in [0.717, 1.165) is 24.5 Å². The topological polar surface area (TPSA) is 32.3 Å². The van der Waals surface area contributed by atoms with Crippen molar-refractivity contribution in [1.82, 2.24) is 10.2 Å². The highest BCUT2D eigenvalue weighted by molar-refractivity contribution is 7.80. The first-order chi connectivity index (χ1) is 8.72. The maximum Gasteiger partial charge on any atom is 0.252 e. The Kier molecular flexibility index (Phi) is 4.66. The summed E-state index contributed by atoms with van der Waals surface area (Å²) in [6, 6.07) is 7.89. The number of carbonyl (C=O) groups excluding carboxylic acids is 1. The first-order valence-electron chi connectivity index (χ1n) is 6.52. The molecule has 1 fully saturated rings. The van der Waals surface area contributed by atoms with Gasteiger partial charge in [-0.05, 0) is 38.1 Å². The van der Waals surface area contributed by atoms with Gasteiger partial charge in [-0.15, -0.1) is 12.6 Å². The molecule has 0 radical (unpaired) electrons. The van der Waals surface area contributed by atoms with Crippen LogP contribution >= 0.6 is 12.6 Å². The van der Waals surface area contributed by atoms with Crippen LogP contribution in [0.25, 0.3) is 0 Å². The van der Waals surface area contributed by atoms with E-state index in [-0.39, 0.29) is 5.91 Å². The van der Waals surface area contributed by atoms with Crippen LogP contribution in [0.15, 0.2) is 29.2 Å². The van der Waals surface area contributed by atoms with E-state index in [9.17, 15) is 4.79 Å². The molecule has 1 atom stereocenters. The number of amides is 1. The Balaban J connectivity index is 1.91. The molecule has 4 heteroatoms. The summed E-state index contributed by atoms with van der Waals surface area (Å²) in [5.74, 6) is -0.0245. The van der Waals surface area contributed by atoms with Gasteiger partial charge in [-0.3, -0.25) is 9.69 Å². The lowest BCUT2D eigenvalue weighted by Crippen LogP contribution is -2.40. The second kappa shape index (κ2) is 6.25. The number of rotatable bonds is 4. The third-order valence-corrected chi connectivity index (χ3v) is 3.94. The van der Waals surface area contributed by atoms with Crippen LogP contribution in [-0.2, 0) is 0 Å². The van der Waals surface area contributed by atoms with Crippen molar-refractivity contribution in [2.75, 3.05) is 19.6 Å². The van der Waals surface area contributed by atoms with Gasteiger partial charge in [-0.1, -0.05) is 19.1 Å². The van der Waals surface area contributed by atoms with Gasteiger partial charge in [0.05, 0.1) is 5.56 Å². The van der Waals surface area contributed by atoms with Gasteiger partial charge in [-0.2, -0.15) is 0 Å². The molecule has 3 nitrogen and oxygen atoms in total. The summed E-state index contributed by atoms with van der Waals surface area (Å²) in [7, 11) is 0. The number of benzene rings is 1. The fourth-order valence-corrected chi connectivity index (χ4v) is 2.78. The molecule has 0 saturated carbocycles. The third kappa shape index (κ3) is 3.06. The first kappa shape index (κ1) is 13.4. The summed E-state index contributed by atoms with van der Waals surface area (Å²) in [4.78, 5) is 15.2. The van der Waals surface area contributed by atoms with Crippen LogP contribution in [0.5, 0.6) is 0 Å². The van der Waals surface area contributed by atoms with E-state index in [4.69, 9.17) is 0 Å². The van der Waals surface area contributed by atoms with E-state index in [1.165, 1.54) is 12.8 Å². The lowest BCUT2D eigenvalue weighted by molar-refractivity contribution is 0.0938. The molecule has 0 bridgehead atoms. The monoisotopic (exact) mass is 264 g/mol. The van der Waals surface area contributed by atoms with Gasteiger partial charge in [-0.25, -0.2) is 0 Å². The molecule has 2 rings (SSSR count). The molecule has 1 aromatic carbocycles. The fourth-order valence-electron chi connectivity index (χ4n) is 2.51. The summed E-state index contributed by atoms with van der Waals surface area (Å²) in [5.41, 5.74) is 0.655. The standard InChI is InChI=1S/C14H20N2OS/c1-2-16-9-5-6-11(16)10-15-14(17)12-7-3-4-8-13(12)18/h3-4,7-8,11,18H,2,5-6,9-10H2,1H3,(H,15,17). The molecule has 1 unspecified atom stereocenters. The Labute approximate surface area is 114 Å². The lowest BCUT2D eigenvalue weighted by atomic mass is 10.2. The average Bonchev–Trinajstić information content (AvgIpc) is 2.84. The number of hydrogen-bond acceptors (Lipinski definition) is 3. The minimum atomic E-state index is -0.0245. The Morgan fingerprint density at radius 3 is 3.00 bits per heavy atom. The van der Waals surface area contributed by atoms with Crippen LogP contribution in [0.3, 0.4) is 0 Å². The number of thiol groups is 1. The Hall–Kier alpha value is -1.00. The molecule has 1 amide bonds. The zero-order chi connectivity index (χ0) is 13.0. The van der Waals surface area contributed by atoms with Gasteiger partial charge in [0.2, 0.25) is 0 Å². The molecule has 1 heterocycles. The second-order valence-corrected chi connectivity index (χ2v) is 5.13. The third-order valence-electron chi connectivity index (χ3n) is 3.55. The Bertz CT molecular complexity index is 422. The van der Waals surface area contributed by atoms with Gasteiger partial charge in [0, 0.05) is 17.5 Å². The highest BCUT2D eigenvalue weighted by Crippen LogP contribution is 2.16. The molecule has 1 aliphatic heterocycles. The SMILES string of the molecule is CCN1CCCC1CNC(=O)c1ccccc1S. The largest absolute Gasteiger partial charge is 0.350 e. The smallest absolute Gasteiger partial charge is 0.252 e. The van der Waals surface area contributed by atoms with Crippen LogP contribution < -0.4 is 5.32 Å². The Morgan fingerprint density at radius 2 is 2.28 bits per heavy atom. The van der Waals surface area contributed by atoms with Gasteiger partial charge in [0.1, 0.15) is 0 Å². The van der Waals surface area contributed by atoms with Gasteiger partial charge < -0.3 is 5.32 Å². The Morgan fingerprint density at radius 1 is 1.50 bits per heavy atom. The number of nitrogens with zero attached hydrogens (tertiary/aromatic N) is 1. The molecule has 1 aliphatic rings. The van der Waals surface area contributed by atoms with Crippen molar-refractivity contribution in [3.63, 3.8) is 0 Å². The molecule has 18 heavy (non-hydrogen) atoms. The molecule has 1 saturated heterocycles. The number of hydrogen-bond donors (Lipinski definition) is 2. The molecule has 98 valence electrons. The van der Waals surface area contributed by atoms with Crippen molar-refractivity contribution in [2.24, 2.45) is 0 Å². The molecule has 1 aromatic rings. The maximum atomic E-state index is 12.0. The predicted molar refractivity (Wildman–Crippen MR) is 76.3 cm³/mol. The maximum absolute atomic E-state index is 12.0. The first-order valence-corrected chi connectivity index (χ1v) is 6.97. The number of carbonyl (C=O) groups is 1. The van der Waals surface area contributed by atoms with Crippen LogP contribution in [0.4, 0.5) is 0 Å². The quantitative estimate of drug-likeness (QED) is 0.817. The molecule has 0 spiro atoms. The average molecular weight is 264 g/mol. The van der Waals surface area contributed by atoms with E-state index in [2.05, 4.69) is 29.8 Å². The van der Waals surface area contributed by atoms with E-state index < -0.39 is 0 Å². The van der Waals surface area contributed by atoms with Crippen LogP contribution in [0.1, 0.15) is 30.1 Å². The van der Waals surface area contributed by atoms with E-state index >= 15 is 0 Å². The van der Waals surface area contributed by atoms with E-state index in [1.807, 2.05) is 24.3 Å². The highest BCUT2D eigenvalue weighted by atomic mass is 32.1. The van der Waals surface area contributed by atoms with Crippen LogP contribution in [-0.4, -0.2) is 36.5 Å². The van der Waals surface area contributed by atoms with E-state index in [1.54, 1.807) is 0 Å². The van der Waals surface area contributed by atoms with Crippen molar-refractivity contribution >= 4 is 18.5 Å². The van der Waals surface area contributed by atoms with Gasteiger partial charge in [0.15, 0.2) is 0 Å². The summed E-state index contributed by atoms with van der Waals surface area (Å²) in [5, 5.41) is 3.02. The lowest BCUT2D eigenvalue weighted by Gasteiger charge is -2.23. The summed E-state index contributed by atoms with van der Waals surface area (Å²) < 4.78 is 0. The van der Waals surface area contributed by atoms with Crippen molar-refractivity contribution in [3.8, 4) is 0 Å². The second-order valence-electron chi connectivity index (χ2n) is 4.65. The molecule has 1 N–H and O–H groups in total. The molecular weight excluding hydrogens is 244 g/mol. The fraction of sp³-hybridized carbons (Fsp3) is 0.500. The number of nitrogens with one attached hydrogen (secondary N) is 1. The zero-order valence-corrected chi connectivity index (χ0v) is 11.6. The molecular formula is C14H20N2OS. The van der Waals surface area contributed by atoms with Crippen molar-refractivity contribution in [2.45, 2.75) is 30.7 Å². The molecule has 0 aliphatic carbocycles. The van der Waals surface area contributed by atoms with E-state index in [0.29, 0.717) is 11.6 Å². The zero-order valence-electron chi connectivity index (χ0n) is 10.7. The highest BCUT2D eigenvalue weighted by Gasteiger charge is 2.23. The summed E-state index contributed by atoms with van der Waals surface area (Å²) in [6.07, 6.45) is 2.41. The van der Waals surface area contributed by atoms with Crippen LogP contribution in [0.2, 0.25) is 0 Å². The van der Waals surface area contributed by atoms with Crippen molar-refractivity contribution in [3.05, 3.63) is 29.8 Å². The number of likely N-dealkylation sites (tertiary alicyclic amines) is 1. The summed E-state index contributed by atoms with van der Waals surface area (Å²) >= 11 is 4.30. The number of likely N-dealkylation sites (N-methyl/N-ethyl adjacent to an activating group) is 1. The minimum absolute atomic E-state index is 0.0245. The van der Waals surface area contributed by atoms with Crippen molar-refractivity contribution < 1.29 is 4.79 Å². The molecule has 0 aromatic heterocycles. The normalized spacial score (nSPS) is 20.0. The summed E-state index contributed by atoms with van der Waals surface area (Å²) in [6.45, 7) is 5.11. The van der Waals surface area contributed by atoms with Gasteiger partial charge >= 0.3 is 0 Å². The van der Waals surface area contributed by atoms with Crippen LogP contribution in [0, 0.1) is 0 Å². The van der Waals surface area contributed by atoms with Crippen molar-refractivity contribution in [1.29, 1.82) is 0 Å². The van der Waals surface area contributed by atoms with Gasteiger partial charge in [0.25, 0.3) is 5.91 Å². The predicted octanol–water partition coefficient (Wildman–Crippen LogP) is 2.19. The minimum Gasteiger partial charge on any atom is -0.350 e.